The van der Waals surface area contributed by atoms with Crippen molar-refractivity contribution >= 4 is 39.3 Å². The van der Waals surface area contributed by atoms with Crippen molar-refractivity contribution in [3.8, 4) is 0 Å². The van der Waals surface area contributed by atoms with Crippen LogP contribution in [0.15, 0.2) is 33.7 Å². The fourth-order valence-electron chi connectivity index (χ4n) is 3.09. The first-order valence-corrected chi connectivity index (χ1v) is 10.4. The number of hydrogen-bond acceptors (Lipinski definition) is 7. The topological polar surface area (TPSA) is 136 Å². The zero-order valence-corrected chi connectivity index (χ0v) is 16.6. The third-order valence-electron chi connectivity index (χ3n) is 4.58. The average molecular weight is 427 g/mol. The highest BCUT2D eigenvalue weighted by Gasteiger charge is 2.32. The number of nitrogens with one attached hydrogen (secondary N) is 1. The number of aromatic nitrogens is 1. The minimum absolute atomic E-state index is 0.00109. The number of nitrogens with zero attached hydrogens (tertiary/aromatic N) is 2. The van der Waals surface area contributed by atoms with Gasteiger partial charge in [0.2, 0.25) is 5.91 Å². The van der Waals surface area contributed by atoms with E-state index in [1.165, 1.54) is 6.92 Å². The van der Waals surface area contributed by atoms with E-state index in [1.54, 1.807) is 29.2 Å². The van der Waals surface area contributed by atoms with Gasteiger partial charge in [0.25, 0.3) is 15.9 Å². The fraction of sp³-hybridized carbons (Fsp3) is 0.353. The first kappa shape index (κ1) is 20.2. The predicted molar refractivity (Wildman–Crippen MR) is 101 cm³/mol. The summed E-state index contributed by atoms with van der Waals surface area (Å²) in [6.45, 7) is 2.07. The number of likely N-dealkylation sites (tertiary alicyclic amines) is 1. The minimum atomic E-state index is -4.18. The van der Waals surface area contributed by atoms with E-state index in [4.69, 9.17) is 21.9 Å². The molecule has 0 spiro atoms. The van der Waals surface area contributed by atoms with Gasteiger partial charge < -0.3 is 15.2 Å². The molecule has 3 rings (SSSR count). The van der Waals surface area contributed by atoms with Gasteiger partial charge in [0.05, 0.1) is 0 Å². The van der Waals surface area contributed by atoms with Gasteiger partial charge >= 0.3 is 0 Å². The Morgan fingerprint density at radius 2 is 1.86 bits per heavy atom. The molecule has 0 bridgehead atoms. The van der Waals surface area contributed by atoms with E-state index >= 15 is 0 Å². The van der Waals surface area contributed by atoms with Gasteiger partial charge in [0.1, 0.15) is 0 Å². The molecule has 2 heterocycles. The molecule has 11 heteroatoms. The lowest BCUT2D eigenvalue weighted by Crippen LogP contribution is -2.44. The largest absolute Gasteiger partial charge is 0.380 e. The number of anilines is 1. The van der Waals surface area contributed by atoms with E-state index in [9.17, 15) is 18.0 Å². The first-order chi connectivity index (χ1) is 13.2. The number of nitrogens with two attached hydrogens (primary N) is 1. The second-order valence-corrected chi connectivity index (χ2v) is 8.55. The van der Waals surface area contributed by atoms with Crippen LogP contribution >= 0.6 is 11.6 Å². The number of sulfonamides is 1. The molecule has 9 nitrogen and oxygen atoms in total. The molecule has 0 saturated carbocycles. The van der Waals surface area contributed by atoms with Gasteiger partial charge in [0.15, 0.2) is 16.5 Å². The molecule has 3 N–H and O–H groups in total. The lowest BCUT2D eigenvalue weighted by molar-refractivity contribution is -0.124. The number of nitrogen functional groups attached to an aromatic ring is 1. The Kier molecular flexibility index (Phi) is 5.61. The number of rotatable bonds is 4. The van der Waals surface area contributed by atoms with Crippen molar-refractivity contribution in [2.24, 2.45) is 5.92 Å². The van der Waals surface area contributed by atoms with Gasteiger partial charge in [-0.1, -0.05) is 16.8 Å². The van der Waals surface area contributed by atoms with Gasteiger partial charge in [-0.05, 0) is 44.0 Å². The molecule has 0 unspecified atom stereocenters. The summed E-state index contributed by atoms with van der Waals surface area (Å²) < 4.78 is 31.5. The molecular weight excluding hydrogens is 408 g/mol. The van der Waals surface area contributed by atoms with Gasteiger partial charge in [0, 0.05) is 29.6 Å². The van der Waals surface area contributed by atoms with Crippen LogP contribution < -0.4 is 10.5 Å². The van der Waals surface area contributed by atoms with Crippen molar-refractivity contribution < 1.29 is 22.5 Å². The number of piperidine rings is 1. The summed E-state index contributed by atoms with van der Waals surface area (Å²) in [5, 5.41) is 3.92. The van der Waals surface area contributed by atoms with Crippen molar-refractivity contribution in [2.45, 2.75) is 24.7 Å². The monoisotopic (exact) mass is 426 g/mol. The van der Waals surface area contributed by atoms with Gasteiger partial charge in [-0.2, -0.15) is 0 Å². The summed E-state index contributed by atoms with van der Waals surface area (Å²) in [6.07, 6.45) is 0.692. The van der Waals surface area contributed by atoms with Crippen LogP contribution in [-0.2, 0) is 14.8 Å². The number of amides is 2. The molecule has 150 valence electrons. The Labute approximate surface area is 166 Å². The van der Waals surface area contributed by atoms with Crippen molar-refractivity contribution in [1.29, 1.82) is 0 Å². The Morgan fingerprint density at radius 1 is 1.25 bits per heavy atom. The summed E-state index contributed by atoms with van der Waals surface area (Å²) in [7, 11) is -4.18. The van der Waals surface area contributed by atoms with Crippen LogP contribution in [-0.4, -0.2) is 43.4 Å². The lowest BCUT2D eigenvalue weighted by atomic mass is 9.96. The Hall–Kier alpha value is -2.59. The molecule has 2 aromatic rings. The lowest BCUT2D eigenvalue weighted by Gasteiger charge is -2.31. The average Bonchev–Trinajstić information content (AvgIpc) is 3.00. The van der Waals surface area contributed by atoms with Gasteiger partial charge in [-0.15, -0.1) is 0 Å². The molecule has 0 radical (unpaired) electrons. The highest BCUT2D eigenvalue weighted by molar-refractivity contribution is 7.90. The number of carbonyl (C=O) groups is 2. The second-order valence-electron chi connectivity index (χ2n) is 6.50. The molecule has 0 aliphatic carbocycles. The maximum absolute atomic E-state index is 12.5. The molecule has 28 heavy (non-hydrogen) atoms. The standard InChI is InChI=1S/C17H19ClN4O5S/c1-10-14(15(19)20-27-10)28(25,26)21-16(23)11-6-8-22(9-7-11)17(24)12-2-4-13(18)5-3-12/h2-5,11H,6-9H2,1H3,(H2,19,20)(H,21,23). The smallest absolute Gasteiger partial charge is 0.271 e. The van der Waals surface area contributed by atoms with E-state index in [0.29, 0.717) is 36.5 Å². The van der Waals surface area contributed by atoms with Crippen LogP contribution in [0.1, 0.15) is 29.0 Å². The van der Waals surface area contributed by atoms with Crippen LogP contribution in [0.4, 0.5) is 5.82 Å². The second kappa shape index (κ2) is 7.80. The summed E-state index contributed by atoms with van der Waals surface area (Å²) in [5.74, 6) is -1.64. The van der Waals surface area contributed by atoms with Crippen molar-refractivity contribution in [1.82, 2.24) is 14.8 Å². The third kappa shape index (κ3) is 4.12. The van der Waals surface area contributed by atoms with E-state index in [0.717, 1.165) is 0 Å². The third-order valence-corrected chi connectivity index (χ3v) is 6.34. The number of benzene rings is 1. The molecule has 0 atom stereocenters. The zero-order chi connectivity index (χ0) is 20.5. The molecule has 1 aliphatic heterocycles. The maximum Gasteiger partial charge on any atom is 0.271 e. The van der Waals surface area contributed by atoms with E-state index in [2.05, 4.69) is 5.16 Å². The van der Waals surface area contributed by atoms with Crippen molar-refractivity contribution in [2.75, 3.05) is 18.8 Å². The number of carbonyl (C=O) groups excluding carboxylic acids is 2. The quantitative estimate of drug-likeness (QED) is 0.757. The van der Waals surface area contributed by atoms with Gasteiger partial charge in [-0.25, -0.2) is 13.1 Å². The molecule has 2 amide bonds. The fourth-order valence-corrected chi connectivity index (χ4v) is 4.48. The first-order valence-electron chi connectivity index (χ1n) is 8.52. The van der Waals surface area contributed by atoms with Crippen LogP contribution in [0.5, 0.6) is 0 Å². The Bertz CT molecular complexity index is 976. The minimum Gasteiger partial charge on any atom is -0.380 e. The number of halogens is 1. The van der Waals surface area contributed by atoms with Crippen LogP contribution in [0.25, 0.3) is 0 Å². The SMILES string of the molecule is Cc1onc(N)c1S(=O)(=O)NC(=O)C1CCN(C(=O)c2ccc(Cl)cc2)CC1. The van der Waals surface area contributed by atoms with E-state index in [1.807, 2.05) is 4.72 Å². The summed E-state index contributed by atoms with van der Waals surface area (Å²) >= 11 is 5.83. The Morgan fingerprint density at radius 3 is 2.39 bits per heavy atom. The molecule has 1 fully saturated rings. The van der Waals surface area contributed by atoms with Crippen molar-refractivity contribution in [3.05, 3.63) is 40.6 Å². The summed E-state index contributed by atoms with van der Waals surface area (Å²) in [6, 6.07) is 6.56. The van der Waals surface area contributed by atoms with Crippen molar-refractivity contribution in [3.63, 3.8) is 0 Å². The maximum atomic E-state index is 12.5. The molecule has 1 saturated heterocycles. The molecule has 1 aromatic heterocycles. The highest BCUT2D eigenvalue weighted by Crippen LogP contribution is 2.24. The highest BCUT2D eigenvalue weighted by atomic mass is 35.5. The Balaban J connectivity index is 1.61. The predicted octanol–water partition coefficient (Wildman–Crippen LogP) is 1.58. The number of aryl methyl sites for hydroxylation is 1. The van der Waals surface area contributed by atoms with Gasteiger partial charge in [-0.3, -0.25) is 9.59 Å². The molecular formula is C17H19ClN4O5S. The molecule has 1 aromatic carbocycles. The normalized spacial score (nSPS) is 15.4. The van der Waals surface area contributed by atoms with Crippen LogP contribution in [0, 0.1) is 12.8 Å². The van der Waals surface area contributed by atoms with E-state index in [-0.39, 0.29) is 22.4 Å². The van der Waals surface area contributed by atoms with Crippen LogP contribution in [0.3, 0.4) is 0 Å². The van der Waals surface area contributed by atoms with E-state index < -0.39 is 21.8 Å². The molecule has 1 aliphatic rings. The van der Waals surface area contributed by atoms with Crippen LogP contribution in [0.2, 0.25) is 5.02 Å². The summed E-state index contributed by atoms with van der Waals surface area (Å²) in [5.41, 5.74) is 6.02. The zero-order valence-electron chi connectivity index (χ0n) is 15.0. The number of hydrogen-bond donors (Lipinski definition) is 2. The summed E-state index contributed by atoms with van der Waals surface area (Å²) in [4.78, 5) is 26.2.